The van der Waals surface area contributed by atoms with Crippen molar-refractivity contribution < 1.29 is 14.3 Å². The van der Waals surface area contributed by atoms with E-state index in [-0.39, 0.29) is 17.9 Å². The first kappa shape index (κ1) is 27.5. The van der Waals surface area contributed by atoms with E-state index in [0.29, 0.717) is 53.0 Å². The van der Waals surface area contributed by atoms with Crippen molar-refractivity contribution in [2.45, 2.75) is 31.8 Å². The molecule has 2 saturated heterocycles. The summed E-state index contributed by atoms with van der Waals surface area (Å²) in [4.78, 5) is 38.9. The van der Waals surface area contributed by atoms with Crippen molar-refractivity contribution in [3.8, 4) is 5.75 Å². The fraction of sp³-hybridized carbons (Fsp3) is 0.462. The monoisotopic (exact) mass is 542 g/mol. The van der Waals surface area contributed by atoms with Crippen LogP contribution in [0.25, 0.3) is 0 Å². The standard InChI is InChI=1S/C26H35ClN8O3/c1-6-24(37)30-20-11-21(23(38-5)12-22(20)34-9-7-18(8-10-34)33(3)4)31-26-28-13-19(27)25(32-26)29-17-14-35(15-17)16(2)36/h6,11-13,17-18H,1,7-10,14-15H2,2-5H3,(H,30,37)(H2,28,29,31,32). The Morgan fingerprint density at radius 2 is 1.92 bits per heavy atom. The lowest BCUT2D eigenvalue weighted by atomic mass is 10.0. The number of aromatic nitrogens is 2. The van der Waals surface area contributed by atoms with Crippen molar-refractivity contribution in [2.75, 3.05) is 68.2 Å². The molecule has 0 saturated carbocycles. The predicted molar refractivity (Wildman–Crippen MR) is 151 cm³/mol. The van der Waals surface area contributed by atoms with Gasteiger partial charge in [0, 0.05) is 45.2 Å². The van der Waals surface area contributed by atoms with Crippen LogP contribution in [-0.4, -0.2) is 91.0 Å². The number of carbonyl (C=O) groups is 2. The molecular weight excluding hydrogens is 508 g/mol. The van der Waals surface area contributed by atoms with E-state index in [1.807, 2.05) is 12.1 Å². The van der Waals surface area contributed by atoms with Crippen molar-refractivity contribution in [3.05, 3.63) is 36.0 Å². The fourth-order valence-electron chi connectivity index (χ4n) is 4.67. The number of nitrogens with one attached hydrogen (secondary N) is 3. The SMILES string of the molecule is C=CC(=O)Nc1cc(Nc2ncc(Cl)c(NC3CN(C(C)=O)C3)n2)c(OC)cc1N1CCC(N(C)C)CC1. The van der Waals surface area contributed by atoms with Crippen molar-refractivity contribution in [1.82, 2.24) is 19.8 Å². The highest BCUT2D eigenvalue weighted by Crippen LogP contribution is 2.39. The molecule has 2 amide bonds. The molecule has 3 N–H and O–H groups in total. The van der Waals surface area contributed by atoms with Gasteiger partial charge in [-0.15, -0.1) is 0 Å². The molecule has 38 heavy (non-hydrogen) atoms. The molecule has 2 aliphatic rings. The number of likely N-dealkylation sites (tertiary alicyclic amines) is 1. The fourth-order valence-corrected chi connectivity index (χ4v) is 4.82. The van der Waals surface area contributed by atoms with Gasteiger partial charge in [0.05, 0.1) is 36.4 Å². The number of hydrogen-bond acceptors (Lipinski definition) is 9. The molecule has 3 heterocycles. The van der Waals surface area contributed by atoms with Gasteiger partial charge in [-0.25, -0.2) is 4.98 Å². The number of nitrogens with zero attached hydrogens (tertiary/aromatic N) is 5. The number of benzene rings is 1. The Balaban J connectivity index is 1.58. The third kappa shape index (κ3) is 6.28. The first-order chi connectivity index (χ1) is 18.2. The molecule has 11 nitrogen and oxygen atoms in total. The van der Waals surface area contributed by atoms with Crippen LogP contribution in [0.5, 0.6) is 5.75 Å². The first-order valence-corrected chi connectivity index (χ1v) is 12.9. The third-order valence-corrected chi connectivity index (χ3v) is 7.23. The smallest absolute Gasteiger partial charge is 0.247 e. The number of anilines is 5. The molecule has 2 aromatic rings. The lowest BCUT2D eigenvalue weighted by Gasteiger charge is -2.39. The van der Waals surface area contributed by atoms with Gasteiger partial charge >= 0.3 is 0 Å². The maximum atomic E-state index is 12.3. The second-order valence-electron chi connectivity index (χ2n) is 9.73. The van der Waals surface area contributed by atoms with Gasteiger partial charge in [0.15, 0.2) is 5.82 Å². The van der Waals surface area contributed by atoms with Crippen LogP contribution in [-0.2, 0) is 9.59 Å². The number of rotatable bonds is 9. The molecule has 2 aliphatic heterocycles. The van der Waals surface area contributed by atoms with Crippen LogP contribution in [0, 0.1) is 0 Å². The minimum absolute atomic E-state index is 0.0381. The van der Waals surface area contributed by atoms with Crippen LogP contribution in [0.1, 0.15) is 19.8 Å². The highest BCUT2D eigenvalue weighted by Gasteiger charge is 2.29. The second-order valence-corrected chi connectivity index (χ2v) is 10.1. The number of hydrogen-bond donors (Lipinski definition) is 3. The molecular formula is C26H35ClN8O3. The molecule has 204 valence electrons. The van der Waals surface area contributed by atoms with Gasteiger partial charge in [-0.2, -0.15) is 4.98 Å². The molecule has 1 aromatic heterocycles. The summed E-state index contributed by atoms with van der Waals surface area (Å²) in [5.41, 5.74) is 2.09. The van der Waals surface area contributed by atoms with Gasteiger partial charge in [-0.3, -0.25) is 9.59 Å². The average Bonchev–Trinajstić information content (AvgIpc) is 2.87. The Bertz CT molecular complexity index is 1190. The Morgan fingerprint density at radius 1 is 1.21 bits per heavy atom. The molecule has 0 bridgehead atoms. The number of ether oxygens (including phenoxy) is 1. The summed E-state index contributed by atoms with van der Waals surface area (Å²) in [6.45, 7) is 8.02. The van der Waals surface area contributed by atoms with Gasteiger partial charge in [-0.05, 0) is 39.1 Å². The summed E-state index contributed by atoms with van der Waals surface area (Å²) in [6, 6.07) is 4.31. The van der Waals surface area contributed by atoms with Gasteiger partial charge in [-0.1, -0.05) is 18.2 Å². The van der Waals surface area contributed by atoms with Crippen molar-refractivity contribution in [3.63, 3.8) is 0 Å². The van der Waals surface area contributed by atoms with Crippen molar-refractivity contribution in [1.29, 1.82) is 0 Å². The molecule has 2 fully saturated rings. The van der Waals surface area contributed by atoms with Gasteiger partial charge < -0.3 is 35.4 Å². The molecule has 1 aromatic carbocycles. The van der Waals surface area contributed by atoms with E-state index in [1.165, 1.54) is 12.3 Å². The Labute approximate surface area is 228 Å². The van der Waals surface area contributed by atoms with Crippen molar-refractivity contribution >= 4 is 52.2 Å². The Hall–Kier alpha value is -3.57. The topological polar surface area (TPSA) is 115 Å². The second kappa shape index (κ2) is 11.9. The number of carbonyl (C=O) groups excluding carboxylic acids is 2. The zero-order valence-electron chi connectivity index (χ0n) is 22.3. The molecule has 0 atom stereocenters. The van der Waals surface area contributed by atoms with Crippen LogP contribution >= 0.6 is 11.6 Å². The number of methoxy groups -OCH3 is 1. The Morgan fingerprint density at radius 3 is 2.53 bits per heavy atom. The minimum Gasteiger partial charge on any atom is -0.494 e. The highest BCUT2D eigenvalue weighted by molar-refractivity contribution is 6.32. The third-order valence-electron chi connectivity index (χ3n) is 6.95. The van der Waals surface area contributed by atoms with E-state index in [9.17, 15) is 9.59 Å². The molecule has 0 aliphatic carbocycles. The van der Waals surface area contributed by atoms with Gasteiger partial charge in [0.25, 0.3) is 0 Å². The molecule has 12 heteroatoms. The van der Waals surface area contributed by atoms with E-state index in [1.54, 1.807) is 18.9 Å². The largest absolute Gasteiger partial charge is 0.494 e. The summed E-state index contributed by atoms with van der Waals surface area (Å²) in [5, 5.41) is 9.77. The van der Waals surface area contributed by atoms with E-state index in [2.05, 4.69) is 56.4 Å². The number of piperidine rings is 1. The molecule has 4 rings (SSSR count). The lowest BCUT2D eigenvalue weighted by molar-refractivity contribution is -0.132. The first-order valence-electron chi connectivity index (χ1n) is 12.6. The van der Waals surface area contributed by atoms with E-state index >= 15 is 0 Å². The van der Waals surface area contributed by atoms with Crippen LogP contribution in [0.15, 0.2) is 31.0 Å². The summed E-state index contributed by atoms with van der Waals surface area (Å²) in [6.07, 6.45) is 4.79. The lowest BCUT2D eigenvalue weighted by Crippen LogP contribution is -2.56. The van der Waals surface area contributed by atoms with Crippen LogP contribution in [0.2, 0.25) is 5.02 Å². The number of amides is 2. The summed E-state index contributed by atoms with van der Waals surface area (Å²) < 4.78 is 5.71. The maximum Gasteiger partial charge on any atom is 0.247 e. The summed E-state index contributed by atoms with van der Waals surface area (Å²) in [5.74, 6) is 1.09. The summed E-state index contributed by atoms with van der Waals surface area (Å²) in [7, 11) is 5.80. The highest BCUT2D eigenvalue weighted by atomic mass is 35.5. The predicted octanol–water partition coefficient (Wildman–Crippen LogP) is 3.18. The summed E-state index contributed by atoms with van der Waals surface area (Å²) >= 11 is 6.33. The van der Waals surface area contributed by atoms with E-state index in [4.69, 9.17) is 16.3 Å². The maximum absolute atomic E-state index is 12.3. The van der Waals surface area contributed by atoms with Crippen LogP contribution < -0.4 is 25.6 Å². The quantitative estimate of drug-likeness (QED) is 0.411. The van der Waals surface area contributed by atoms with E-state index < -0.39 is 0 Å². The zero-order valence-corrected chi connectivity index (χ0v) is 23.0. The molecule has 0 radical (unpaired) electrons. The molecule has 0 spiro atoms. The Kier molecular flexibility index (Phi) is 8.58. The average molecular weight is 543 g/mol. The van der Waals surface area contributed by atoms with Crippen molar-refractivity contribution in [2.24, 2.45) is 0 Å². The molecule has 0 unspecified atom stereocenters. The van der Waals surface area contributed by atoms with E-state index in [0.717, 1.165) is 31.6 Å². The normalized spacial score (nSPS) is 16.2. The van der Waals surface area contributed by atoms with Gasteiger partial charge in [0.2, 0.25) is 17.8 Å². The minimum atomic E-state index is -0.306. The number of halogens is 1. The van der Waals surface area contributed by atoms with Crippen LogP contribution in [0.3, 0.4) is 0 Å². The zero-order chi connectivity index (χ0) is 27.4. The van der Waals surface area contributed by atoms with Crippen LogP contribution in [0.4, 0.5) is 28.8 Å². The van der Waals surface area contributed by atoms with Gasteiger partial charge in [0.1, 0.15) is 10.8 Å².